The van der Waals surface area contributed by atoms with Gasteiger partial charge in [-0.25, -0.2) is 9.59 Å². The summed E-state index contributed by atoms with van der Waals surface area (Å²) in [5, 5.41) is 10.2. The molecule has 3 aromatic carbocycles. The summed E-state index contributed by atoms with van der Waals surface area (Å²) in [6.07, 6.45) is -1.03. The molecule has 3 atom stereocenters. The van der Waals surface area contributed by atoms with Gasteiger partial charge in [0.25, 0.3) is 0 Å². The number of hydrogen-bond acceptors (Lipinski definition) is 7. The minimum absolute atomic E-state index is 0.162. The summed E-state index contributed by atoms with van der Waals surface area (Å²) in [5.74, 6) is -2.93. The predicted molar refractivity (Wildman–Crippen MR) is 195 cm³/mol. The second-order valence-corrected chi connectivity index (χ2v) is 27.2. The number of β-lactam (4-membered cyclic amide) rings is 1. The van der Waals surface area contributed by atoms with Crippen molar-refractivity contribution in [3.63, 3.8) is 0 Å². The first-order chi connectivity index (χ1) is 22.2. The fourth-order valence-electron chi connectivity index (χ4n) is 5.66. The number of aliphatic hydroxyl groups is 1. The number of nitrogens with zero attached hydrogens (tertiary/aromatic N) is 1. The summed E-state index contributed by atoms with van der Waals surface area (Å²) in [6, 6.07) is 29.8. The number of hydrogen-bond donors (Lipinski definition) is 1. The van der Waals surface area contributed by atoms with Crippen LogP contribution in [-0.2, 0) is 28.6 Å². The van der Waals surface area contributed by atoms with E-state index in [1.165, 1.54) is 16.7 Å². The third-order valence-electron chi connectivity index (χ3n) is 8.40. The Hall–Kier alpha value is -3.19. The van der Waals surface area contributed by atoms with Crippen LogP contribution in [0, 0.1) is 5.92 Å². The molecule has 1 aliphatic rings. The van der Waals surface area contributed by atoms with E-state index in [-0.39, 0.29) is 13.2 Å². The molecule has 0 spiro atoms. The van der Waals surface area contributed by atoms with Crippen LogP contribution in [0.4, 0.5) is 0 Å². The quantitative estimate of drug-likeness (QED) is 0.0603. The van der Waals surface area contributed by atoms with Crippen LogP contribution < -0.4 is 0 Å². The zero-order valence-corrected chi connectivity index (χ0v) is 31.5. The highest BCUT2D eigenvalue weighted by molar-refractivity contribution is 8.01. The van der Waals surface area contributed by atoms with E-state index in [1.807, 2.05) is 91.0 Å². The Labute approximate surface area is 286 Å². The molecular formula is C37H49NO6SSi2. The van der Waals surface area contributed by atoms with Gasteiger partial charge < -0.3 is 19.5 Å². The van der Waals surface area contributed by atoms with Gasteiger partial charge in [-0.3, -0.25) is 4.79 Å². The Morgan fingerprint density at radius 3 is 1.43 bits per heavy atom. The molecule has 0 bridgehead atoms. The zero-order valence-electron chi connectivity index (χ0n) is 28.6. The smallest absolute Gasteiger partial charge is 0.340 e. The minimum Gasteiger partial charge on any atom is -0.464 e. The summed E-state index contributed by atoms with van der Waals surface area (Å²) < 4.78 is 10.6. The van der Waals surface area contributed by atoms with Crippen LogP contribution in [0.2, 0.25) is 51.4 Å². The van der Waals surface area contributed by atoms with Crippen LogP contribution in [0.5, 0.6) is 0 Å². The molecule has 4 rings (SSSR count). The molecule has 1 saturated heterocycles. The van der Waals surface area contributed by atoms with E-state index < -0.39 is 62.2 Å². The van der Waals surface area contributed by atoms with Crippen molar-refractivity contribution >= 4 is 45.8 Å². The first-order valence-electron chi connectivity index (χ1n) is 16.3. The van der Waals surface area contributed by atoms with Crippen LogP contribution in [-0.4, -0.2) is 74.7 Å². The third kappa shape index (κ3) is 8.84. The van der Waals surface area contributed by atoms with Crippen molar-refractivity contribution in [3.8, 4) is 0 Å². The summed E-state index contributed by atoms with van der Waals surface area (Å²) in [6.45, 7) is 15.0. The zero-order chi connectivity index (χ0) is 34.4. The van der Waals surface area contributed by atoms with Crippen molar-refractivity contribution in [3.05, 3.63) is 108 Å². The number of carbonyl (C=O) groups is 3. The number of carbonyl (C=O) groups excluding carboxylic acids is 3. The average molecular weight is 692 g/mol. The van der Waals surface area contributed by atoms with E-state index in [0.29, 0.717) is 0 Å². The Kier molecular flexibility index (Phi) is 12.0. The Balaban J connectivity index is 1.83. The Morgan fingerprint density at radius 2 is 1.11 bits per heavy atom. The molecule has 0 aromatic heterocycles. The number of benzene rings is 3. The molecule has 1 aliphatic heterocycles. The van der Waals surface area contributed by atoms with Crippen molar-refractivity contribution in [2.24, 2.45) is 5.92 Å². The van der Waals surface area contributed by atoms with Crippen LogP contribution in [0.1, 0.15) is 23.6 Å². The van der Waals surface area contributed by atoms with E-state index in [2.05, 4.69) is 39.3 Å². The molecule has 3 aromatic rings. The van der Waals surface area contributed by atoms with Gasteiger partial charge in [-0.15, -0.1) is 11.8 Å². The molecule has 1 N–H and O–H groups in total. The molecule has 10 heteroatoms. The molecule has 1 heterocycles. The number of esters is 2. The van der Waals surface area contributed by atoms with E-state index in [9.17, 15) is 19.5 Å². The first kappa shape index (κ1) is 36.6. The lowest BCUT2D eigenvalue weighted by atomic mass is 9.84. The van der Waals surface area contributed by atoms with Crippen molar-refractivity contribution in [2.75, 3.05) is 13.2 Å². The van der Waals surface area contributed by atoms with Crippen LogP contribution in [0.3, 0.4) is 0 Å². The predicted octanol–water partition coefficient (Wildman–Crippen LogP) is 7.01. The van der Waals surface area contributed by atoms with E-state index in [4.69, 9.17) is 9.47 Å². The van der Waals surface area contributed by atoms with Gasteiger partial charge in [-0.1, -0.05) is 130 Å². The maximum atomic E-state index is 14.0. The number of thioether (sulfide) groups is 1. The van der Waals surface area contributed by atoms with Gasteiger partial charge in [-0.05, 0) is 35.7 Å². The molecular weight excluding hydrogens is 643 g/mol. The topological polar surface area (TPSA) is 93.1 Å². The van der Waals surface area contributed by atoms with Gasteiger partial charge >= 0.3 is 11.9 Å². The van der Waals surface area contributed by atoms with Gasteiger partial charge in [-0.2, -0.15) is 0 Å². The van der Waals surface area contributed by atoms with Crippen molar-refractivity contribution in [1.82, 2.24) is 4.90 Å². The lowest BCUT2D eigenvalue weighted by Crippen LogP contribution is -2.70. The summed E-state index contributed by atoms with van der Waals surface area (Å²) in [4.78, 5) is 43.0. The van der Waals surface area contributed by atoms with Gasteiger partial charge in [0.15, 0.2) is 0 Å². The molecule has 1 fully saturated rings. The minimum atomic E-state index is -1.58. The van der Waals surface area contributed by atoms with Gasteiger partial charge in [0, 0.05) is 16.1 Å². The number of amides is 1. The number of aliphatic hydroxyl groups excluding tert-OH is 1. The highest BCUT2D eigenvalue weighted by Gasteiger charge is 2.60. The number of ether oxygens (including phenoxy) is 2. The summed E-state index contributed by atoms with van der Waals surface area (Å²) >= 11 is 1.45. The SMILES string of the molecule is CC(O)[C@H]1C(=O)N(C(C(=O)OCC[Si](C)(C)C)C(=O)OCC[Si](C)(C)C)[C@@H]1SC(c1ccccc1)(c1ccccc1)c1ccccc1. The monoisotopic (exact) mass is 691 g/mol. The van der Waals surface area contributed by atoms with Gasteiger partial charge in [0.05, 0.1) is 35.4 Å². The highest BCUT2D eigenvalue weighted by atomic mass is 32.2. The van der Waals surface area contributed by atoms with E-state index in [1.54, 1.807) is 6.92 Å². The van der Waals surface area contributed by atoms with Crippen LogP contribution in [0.25, 0.3) is 0 Å². The maximum Gasteiger partial charge on any atom is 0.340 e. The lowest BCUT2D eigenvalue weighted by molar-refractivity contribution is -0.181. The molecule has 252 valence electrons. The second kappa shape index (κ2) is 15.4. The summed E-state index contributed by atoms with van der Waals surface area (Å²) in [7, 11) is -3.11. The van der Waals surface area contributed by atoms with E-state index in [0.717, 1.165) is 28.8 Å². The molecule has 1 amide bonds. The van der Waals surface area contributed by atoms with Crippen molar-refractivity contribution in [1.29, 1.82) is 0 Å². The van der Waals surface area contributed by atoms with Crippen molar-refractivity contribution in [2.45, 2.75) is 80.6 Å². The number of likely N-dealkylation sites (tertiary alicyclic amines) is 1. The van der Waals surface area contributed by atoms with E-state index >= 15 is 0 Å². The maximum absolute atomic E-state index is 14.0. The lowest BCUT2D eigenvalue weighted by Gasteiger charge is -2.53. The molecule has 0 radical (unpaired) electrons. The summed E-state index contributed by atoms with van der Waals surface area (Å²) in [5.41, 5.74) is 2.87. The average Bonchev–Trinajstić information content (AvgIpc) is 3.01. The van der Waals surface area contributed by atoms with Gasteiger partial charge in [0.1, 0.15) is 0 Å². The fourth-order valence-corrected chi connectivity index (χ4v) is 9.10. The first-order valence-corrected chi connectivity index (χ1v) is 24.6. The number of rotatable bonds is 15. The fraction of sp³-hybridized carbons (Fsp3) is 0.432. The Bertz CT molecular complexity index is 1360. The Morgan fingerprint density at radius 1 is 0.745 bits per heavy atom. The molecule has 1 unspecified atom stereocenters. The molecule has 0 saturated carbocycles. The molecule has 7 nitrogen and oxygen atoms in total. The van der Waals surface area contributed by atoms with Gasteiger partial charge in [0.2, 0.25) is 11.9 Å². The molecule has 0 aliphatic carbocycles. The van der Waals surface area contributed by atoms with Crippen molar-refractivity contribution < 1.29 is 29.0 Å². The molecule has 47 heavy (non-hydrogen) atoms. The van der Waals surface area contributed by atoms with Crippen LogP contribution >= 0.6 is 11.8 Å². The normalized spacial score (nSPS) is 17.6. The standard InChI is InChI=1S/C37H49NO6SSi2/c1-27(39)31-33(40)38(32(35(41)43-23-25-46(2,3)4)36(42)44-24-26-47(5,6)7)34(31)45-37(28-17-11-8-12-18-28,29-19-13-9-14-20-29)30-21-15-10-16-22-30/h8-22,27,31-32,34,39H,23-26H2,1-7H3/t27?,31-,34+/m0/s1. The highest BCUT2D eigenvalue weighted by Crippen LogP contribution is 2.55. The largest absolute Gasteiger partial charge is 0.464 e. The third-order valence-corrected chi connectivity index (χ3v) is 13.6. The van der Waals surface area contributed by atoms with Crippen LogP contribution in [0.15, 0.2) is 91.0 Å². The second-order valence-electron chi connectivity index (χ2n) is 14.7.